The second kappa shape index (κ2) is 7.45. The molecule has 2 bridgehead atoms. The van der Waals surface area contributed by atoms with E-state index in [0.717, 1.165) is 23.9 Å². The molecule has 2 aromatic rings. The SMILES string of the molecule is Cl.c1ccc(Oc2ccc(OCCC34CCN(CC3)C4)cc2)cc1. The van der Waals surface area contributed by atoms with Crippen molar-refractivity contribution < 1.29 is 9.47 Å². The summed E-state index contributed by atoms with van der Waals surface area (Å²) in [4.78, 5) is 2.58. The van der Waals surface area contributed by atoms with Gasteiger partial charge in [0.25, 0.3) is 0 Å². The van der Waals surface area contributed by atoms with Gasteiger partial charge >= 0.3 is 0 Å². The summed E-state index contributed by atoms with van der Waals surface area (Å²) in [5.41, 5.74) is 0.538. The van der Waals surface area contributed by atoms with Crippen molar-refractivity contribution in [3.8, 4) is 17.2 Å². The fourth-order valence-electron chi connectivity index (χ4n) is 3.76. The molecule has 4 heteroatoms. The molecule has 2 saturated heterocycles. The van der Waals surface area contributed by atoms with Crippen LogP contribution in [0.4, 0.5) is 0 Å². The molecule has 0 aromatic heterocycles. The van der Waals surface area contributed by atoms with Gasteiger partial charge in [-0.15, -0.1) is 12.4 Å². The van der Waals surface area contributed by atoms with E-state index in [-0.39, 0.29) is 12.4 Å². The Bertz CT molecular complexity index is 636. The highest BCUT2D eigenvalue weighted by Gasteiger charge is 2.43. The summed E-state index contributed by atoms with van der Waals surface area (Å²) in [6.45, 7) is 4.66. The number of halogens is 1. The summed E-state index contributed by atoms with van der Waals surface area (Å²) in [6, 6.07) is 17.8. The minimum absolute atomic E-state index is 0. The van der Waals surface area contributed by atoms with E-state index in [1.165, 1.54) is 38.9 Å². The largest absolute Gasteiger partial charge is 0.494 e. The van der Waals surface area contributed by atoms with E-state index in [2.05, 4.69) is 4.90 Å². The minimum Gasteiger partial charge on any atom is -0.494 e. The third-order valence-corrected chi connectivity index (χ3v) is 5.18. The molecular weight excluding hydrogens is 322 g/mol. The Balaban J connectivity index is 0.00000169. The summed E-state index contributed by atoms with van der Waals surface area (Å²) >= 11 is 0. The molecule has 0 aliphatic carbocycles. The van der Waals surface area contributed by atoms with Crippen LogP contribution < -0.4 is 9.47 Å². The number of fused-ring (bicyclic) bond motifs is 2. The Hall–Kier alpha value is -1.71. The van der Waals surface area contributed by atoms with Gasteiger partial charge in [0.05, 0.1) is 6.61 Å². The summed E-state index contributed by atoms with van der Waals surface area (Å²) in [5, 5.41) is 0. The molecular formula is C20H24ClNO2. The standard InChI is InChI=1S/C20H23NO2.ClH/c1-2-4-18(5-3-1)23-19-8-6-17(7-9-19)22-15-12-20-10-13-21(16-20)14-11-20;/h1-9H,10-16H2;1H. The van der Waals surface area contributed by atoms with E-state index in [0.29, 0.717) is 5.41 Å². The Morgan fingerprint density at radius 1 is 0.833 bits per heavy atom. The molecule has 2 aromatic carbocycles. The normalized spacial score (nSPS) is 24.4. The number of rotatable bonds is 6. The Morgan fingerprint density at radius 3 is 2.08 bits per heavy atom. The summed E-state index contributed by atoms with van der Waals surface area (Å²) in [7, 11) is 0. The predicted octanol–water partition coefficient (Wildman–Crippen LogP) is 4.77. The molecule has 24 heavy (non-hydrogen) atoms. The van der Waals surface area contributed by atoms with Gasteiger partial charge in [0.1, 0.15) is 17.2 Å². The molecule has 2 fully saturated rings. The molecule has 0 unspecified atom stereocenters. The lowest BCUT2D eigenvalue weighted by Crippen LogP contribution is -2.22. The van der Waals surface area contributed by atoms with Gasteiger partial charge in [0, 0.05) is 6.54 Å². The molecule has 2 aliphatic rings. The Kier molecular flexibility index (Phi) is 5.32. The average Bonchev–Trinajstić information content (AvgIpc) is 3.18. The number of para-hydroxylation sites is 1. The third-order valence-electron chi connectivity index (χ3n) is 5.18. The van der Waals surface area contributed by atoms with E-state index in [1.54, 1.807) is 0 Å². The Labute approximate surface area is 150 Å². The molecule has 3 nitrogen and oxygen atoms in total. The van der Waals surface area contributed by atoms with E-state index >= 15 is 0 Å². The van der Waals surface area contributed by atoms with E-state index in [1.807, 2.05) is 54.6 Å². The second-order valence-corrected chi connectivity index (χ2v) is 6.76. The van der Waals surface area contributed by atoms with Gasteiger partial charge in [-0.25, -0.2) is 0 Å². The van der Waals surface area contributed by atoms with Crippen LogP contribution in [0.15, 0.2) is 54.6 Å². The van der Waals surface area contributed by atoms with Gasteiger partial charge in [-0.05, 0) is 74.2 Å². The lowest BCUT2D eigenvalue weighted by Gasteiger charge is -2.24. The molecule has 128 valence electrons. The lowest BCUT2D eigenvalue weighted by molar-refractivity contribution is 0.214. The predicted molar refractivity (Wildman–Crippen MR) is 98.4 cm³/mol. The van der Waals surface area contributed by atoms with Crippen LogP contribution in [-0.4, -0.2) is 31.1 Å². The van der Waals surface area contributed by atoms with Crippen molar-refractivity contribution in [2.75, 3.05) is 26.2 Å². The highest BCUT2D eigenvalue weighted by atomic mass is 35.5. The molecule has 2 aliphatic heterocycles. The summed E-state index contributed by atoms with van der Waals surface area (Å²) in [6.07, 6.45) is 3.87. The maximum Gasteiger partial charge on any atom is 0.127 e. The van der Waals surface area contributed by atoms with Crippen LogP contribution in [0.2, 0.25) is 0 Å². The van der Waals surface area contributed by atoms with E-state index in [4.69, 9.17) is 9.47 Å². The van der Waals surface area contributed by atoms with Crippen LogP contribution in [-0.2, 0) is 0 Å². The van der Waals surface area contributed by atoms with Crippen molar-refractivity contribution in [1.29, 1.82) is 0 Å². The van der Waals surface area contributed by atoms with Crippen LogP contribution >= 0.6 is 12.4 Å². The van der Waals surface area contributed by atoms with Crippen LogP contribution in [0.5, 0.6) is 17.2 Å². The van der Waals surface area contributed by atoms with E-state index in [9.17, 15) is 0 Å². The quantitative estimate of drug-likeness (QED) is 0.753. The molecule has 0 spiro atoms. The van der Waals surface area contributed by atoms with E-state index < -0.39 is 0 Å². The fraction of sp³-hybridized carbons (Fsp3) is 0.400. The maximum atomic E-state index is 5.94. The Morgan fingerprint density at radius 2 is 1.46 bits per heavy atom. The summed E-state index contributed by atoms with van der Waals surface area (Å²) < 4.78 is 11.7. The van der Waals surface area contributed by atoms with Crippen molar-refractivity contribution in [3.63, 3.8) is 0 Å². The minimum atomic E-state index is 0. The zero-order chi connectivity index (χ0) is 15.5. The topological polar surface area (TPSA) is 21.7 Å². The van der Waals surface area contributed by atoms with Gasteiger partial charge in [0.2, 0.25) is 0 Å². The molecule has 2 heterocycles. The van der Waals surface area contributed by atoms with Gasteiger partial charge in [-0.3, -0.25) is 0 Å². The molecule has 0 saturated carbocycles. The van der Waals surface area contributed by atoms with Crippen LogP contribution in [0.1, 0.15) is 19.3 Å². The van der Waals surface area contributed by atoms with Crippen molar-refractivity contribution in [2.24, 2.45) is 5.41 Å². The van der Waals surface area contributed by atoms with Gasteiger partial charge in [0.15, 0.2) is 0 Å². The van der Waals surface area contributed by atoms with Crippen LogP contribution in [0.25, 0.3) is 0 Å². The number of piperidine rings is 1. The van der Waals surface area contributed by atoms with Crippen LogP contribution in [0, 0.1) is 5.41 Å². The number of hydrogen-bond acceptors (Lipinski definition) is 3. The van der Waals surface area contributed by atoms with Gasteiger partial charge in [-0.2, -0.15) is 0 Å². The van der Waals surface area contributed by atoms with Crippen molar-refractivity contribution in [2.45, 2.75) is 19.3 Å². The zero-order valence-electron chi connectivity index (χ0n) is 13.8. The molecule has 0 atom stereocenters. The number of benzene rings is 2. The van der Waals surface area contributed by atoms with Gasteiger partial charge < -0.3 is 14.4 Å². The van der Waals surface area contributed by atoms with Crippen molar-refractivity contribution in [3.05, 3.63) is 54.6 Å². The van der Waals surface area contributed by atoms with Crippen molar-refractivity contribution in [1.82, 2.24) is 4.90 Å². The third kappa shape index (κ3) is 3.85. The van der Waals surface area contributed by atoms with Crippen LogP contribution in [0.3, 0.4) is 0 Å². The first-order valence-corrected chi connectivity index (χ1v) is 8.50. The molecule has 4 rings (SSSR count). The first-order valence-electron chi connectivity index (χ1n) is 8.50. The first-order chi connectivity index (χ1) is 11.3. The number of nitrogens with zero attached hydrogens (tertiary/aromatic N) is 1. The molecule has 0 radical (unpaired) electrons. The molecule has 0 amide bonds. The second-order valence-electron chi connectivity index (χ2n) is 6.76. The average molecular weight is 346 g/mol. The zero-order valence-corrected chi connectivity index (χ0v) is 14.6. The smallest absolute Gasteiger partial charge is 0.127 e. The highest BCUT2D eigenvalue weighted by Crippen LogP contribution is 2.43. The van der Waals surface area contributed by atoms with Crippen molar-refractivity contribution >= 4 is 12.4 Å². The number of hydrogen-bond donors (Lipinski definition) is 0. The number of ether oxygens (including phenoxy) is 2. The maximum absolute atomic E-state index is 5.94. The van der Waals surface area contributed by atoms with Gasteiger partial charge in [-0.1, -0.05) is 18.2 Å². The molecule has 0 N–H and O–H groups in total. The first kappa shape index (κ1) is 17.1. The highest BCUT2D eigenvalue weighted by molar-refractivity contribution is 5.85. The lowest BCUT2D eigenvalue weighted by atomic mass is 9.82. The summed E-state index contributed by atoms with van der Waals surface area (Å²) in [5.74, 6) is 2.62. The monoisotopic (exact) mass is 345 g/mol. The fourth-order valence-corrected chi connectivity index (χ4v) is 3.76.